The molecule has 0 spiro atoms. The predicted molar refractivity (Wildman–Crippen MR) is 74.3 cm³/mol. The minimum Gasteiger partial charge on any atom is -0.339 e. The molecule has 17 heavy (non-hydrogen) atoms. The molecule has 3 heteroatoms. The zero-order chi connectivity index (χ0) is 12.3. The highest BCUT2D eigenvalue weighted by atomic mass is 79.9. The summed E-state index contributed by atoms with van der Waals surface area (Å²) in [6.07, 6.45) is 8.65. The lowest BCUT2D eigenvalue weighted by Crippen LogP contribution is -2.44. The van der Waals surface area contributed by atoms with Crippen molar-refractivity contribution in [1.82, 2.24) is 4.90 Å². The van der Waals surface area contributed by atoms with E-state index in [0.29, 0.717) is 23.8 Å². The SMILES string of the molecule is CC1CCCC1C(=O)N(CCBr)C1CCCC1. The lowest BCUT2D eigenvalue weighted by atomic mass is 9.95. The Hall–Kier alpha value is -0.0500. The summed E-state index contributed by atoms with van der Waals surface area (Å²) < 4.78 is 0. The lowest BCUT2D eigenvalue weighted by Gasteiger charge is -2.32. The van der Waals surface area contributed by atoms with Crippen LogP contribution in [0.25, 0.3) is 0 Å². The molecule has 2 nitrogen and oxygen atoms in total. The van der Waals surface area contributed by atoms with Gasteiger partial charge in [-0.3, -0.25) is 4.79 Å². The summed E-state index contributed by atoms with van der Waals surface area (Å²) in [4.78, 5) is 14.8. The molecule has 2 fully saturated rings. The van der Waals surface area contributed by atoms with Gasteiger partial charge in [0.2, 0.25) is 5.91 Å². The number of carbonyl (C=O) groups excluding carboxylic acids is 1. The normalized spacial score (nSPS) is 29.8. The molecule has 2 rings (SSSR count). The highest BCUT2D eigenvalue weighted by Crippen LogP contribution is 2.34. The first-order chi connectivity index (χ1) is 8.24. The molecule has 0 saturated heterocycles. The maximum atomic E-state index is 12.6. The monoisotopic (exact) mass is 301 g/mol. The van der Waals surface area contributed by atoms with Gasteiger partial charge in [0.25, 0.3) is 0 Å². The van der Waals surface area contributed by atoms with E-state index in [1.807, 2.05) is 0 Å². The first-order valence-electron chi connectivity index (χ1n) is 7.10. The topological polar surface area (TPSA) is 20.3 Å². The summed E-state index contributed by atoms with van der Waals surface area (Å²) in [7, 11) is 0. The van der Waals surface area contributed by atoms with Crippen LogP contribution in [0.4, 0.5) is 0 Å². The molecule has 0 aromatic carbocycles. The van der Waals surface area contributed by atoms with Crippen LogP contribution in [0.2, 0.25) is 0 Å². The van der Waals surface area contributed by atoms with Crippen molar-refractivity contribution in [3.05, 3.63) is 0 Å². The fourth-order valence-corrected chi connectivity index (χ4v) is 3.89. The predicted octanol–water partition coefficient (Wildman–Crippen LogP) is 3.59. The molecule has 0 radical (unpaired) electrons. The molecule has 0 aliphatic heterocycles. The minimum atomic E-state index is 0.314. The number of rotatable bonds is 4. The van der Waals surface area contributed by atoms with E-state index in [2.05, 4.69) is 27.8 Å². The molecule has 0 aromatic rings. The lowest BCUT2D eigenvalue weighted by molar-refractivity contribution is -0.138. The van der Waals surface area contributed by atoms with E-state index < -0.39 is 0 Å². The largest absolute Gasteiger partial charge is 0.339 e. The highest BCUT2D eigenvalue weighted by molar-refractivity contribution is 9.09. The second kappa shape index (κ2) is 6.21. The van der Waals surface area contributed by atoms with Gasteiger partial charge < -0.3 is 4.90 Å². The van der Waals surface area contributed by atoms with Crippen LogP contribution in [0, 0.1) is 11.8 Å². The quantitative estimate of drug-likeness (QED) is 0.727. The van der Waals surface area contributed by atoms with E-state index >= 15 is 0 Å². The van der Waals surface area contributed by atoms with Crippen molar-refractivity contribution < 1.29 is 4.79 Å². The molecule has 2 atom stereocenters. The van der Waals surface area contributed by atoms with Gasteiger partial charge in [0, 0.05) is 23.8 Å². The van der Waals surface area contributed by atoms with Crippen molar-refractivity contribution in [2.24, 2.45) is 11.8 Å². The van der Waals surface area contributed by atoms with Crippen LogP contribution in [0.5, 0.6) is 0 Å². The number of nitrogens with zero attached hydrogens (tertiary/aromatic N) is 1. The number of hydrogen-bond acceptors (Lipinski definition) is 1. The van der Waals surface area contributed by atoms with Crippen LogP contribution >= 0.6 is 15.9 Å². The first-order valence-corrected chi connectivity index (χ1v) is 8.22. The zero-order valence-corrected chi connectivity index (χ0v) is 12.4. The van der Waals surface area contributed by atoms with Crippen molar-refractivity contribution in [1.29, 1.82) is 0 Å². The average Bonchev–Trinajstić information content (AvgIpc) is 2.95. The third kappa shape index (κ3) is 3.04. The Bertz CT molecular complexity index is 263. The Balaban J connectivity index is 2.01. The van der Waals surface area contributed by atoms with Gasteiger partial charge in [-0.1, -0.05) is 42.1 Å². The van der Waals surface area contributed by atoms with E-state index in [0.717, 1.165) is 18.3 Å². The fraction of sp³-hybridized carbons (Fsp3) is 0.929. The number of alkyl halides is 1. The van der Waals surface area contributed by atoms with E-state index in [-0.39, 0.29) is 0 Å². The Morgan fingerprint density at radius 1 is 1.18 bits per heavy atom. The molecule has 2 unspecified atom stereocenters. The maximum Gasteiger partial charge on any atom is 0.226 e. The number of amides is 1. The summed E-state index contributed by atoms with van der Waals surface area (Å²) in [5.41, 5.74) is 0. The van der Waals surface area contributed by atoms with Crippen molar-refractivity contribution >= 4 is 21.8 Å². The Kier molecular flexibility index (Phi) is 4.89. The van der Waals surface area contributed by atoms with Gasteiger partial charge in [-0.25, -0.2) is 0 Å². The van der Waals surface area contributed by atoms with Crippen molar-refractivity contribution in [2.75, 3.05) is 11.9 Å². The average molecular weight is 302 g/mol. The van der Waals surface area contributed by atoms with E-state index in [1.165, 1.54) is 38.5 Å². The summed E-state index contributed by atoms with van der Waals surface area (Å²) in [6, 6.07) is 0.535. The van der Waals surface area contributed by atoms with Gasteiger partial charge in [-0.15, -0.1) is 0 Å². The zero-order valence-electron chi connectivity index (χ0n) is 10.8. The van der Waals surface area contributed by atoms with E-state index in [4.69, 9.17) is 0 Å². The fourth-order valence-electron chi connectivity index (χ4n) is 3.51. The number of hydrogen-bond donors (Lipinski definition) is 0. The summed E-state index contributed by atoms with van der Waals surface area (Å²) >= 11 is 3.50. The van der Waals surface area contributed by atoms with Crippen LogP contribution in [0.1, 0.15) is 51.9 Å². The summed E-state index contributed by atoms with van der Waals surface area (Å²) in [6.45, 7) is 3.14. The third-order valence-electron chi connectivity index (χ3n) is 4.55. The summed E-state index contributed by atoms with van der Waals surface area (Å²) in [5.74, 6) is 1.36. The first kappa shape index (κ1) is 13.4. The molecule has 98 valence electrons. The second-order valence-electron chi connectivity index (χ2n) is 5.67. The van der Waals surface area contributed by atoms with Crippen LogP contribution in [-0.4, -0.2) is 28.7 Å². The molecule has 0 bridgehead atoms. The van der Waals surface area contributed by atoms with Crippen LogP contribution in [0.3, 0.4) is 0 Å². The molecule has 0 aromatic heterocycles. The molecule has 1 amide bonds. The molecular formula is C14H24BrNO. The molecule has 2 aliphatic rings. The van der Waals surface area contributed by atoms with Crippen molar-refractivity contribution in [3.63, 3.8) is 0 Å². The van der Waals surface area contributed by atoms with Gasteiger partial charge in [0.05, 0.1) is 0 Å². The van der Waals surface area contributed by atoms with Crippen molar-refractivity contribution in [2.45, 2.75) is 57.9 Å². The molecular weight excluding hydrogens is 278 g/mol. The number of halogens is 1. The minimum absolute atomic E-state index is 0.314. The van der Waals surface area contributed by atoms with Crippen LogP contribution in [0.15, 0.2) is 0 Å². The number of carbonyl (C=O) groups is 1. The Morgan fingerprint density at radius 2 is 1.88 bits per heavy atom. The third-order valence-corrected chi connectivity index (χ3v) is 4.91. The van der Waals surface area contributed by atoms with Crippen molar-refractivity contribution in [3.8, 4) is 0 Å². The van der Waals surface area contributed by atoms with E-state index in [9.17, 15) is 4.79 Å². The van der Waals surface area contributed by atoms with Gasteiger partial charge in [0.15, 0.2) is 0 Å². The molecule has 0 N–H and O–H groups in total. The van der Waals surface area contributed by atoms with Crippen LogP contribution < -0.4 is 0 Å². The molecule has 2 aliphatic carbocycles. The summed E-state index contributed by atoms with van der Waals surface area (Å²) in [5, 5.41) is 0.913. The van der Waals surface area contributed by atoms with Gasteiger partial charge in [-0.2, -0.15) is 0 Å². The second-order valence-corrected chi connectivity index (χ2v) is 6.47. The van der Waals surface area contributed by atoms with Gasteiger partial charge in [0.1, 0.15) is 0 Å². The Labute approximate surface area is 113 Å². The molecule has 2 saturated carbocycles. The standard InChI is InChI=1S/C14H24BrNO/c1-11-5-4-8-13(11)14(17)16(10-9-15)12-6-2-3-7-12/h11-13H,2-10H2,1H3. The highest BCUT2D eigenvalue weighted by Gasteiger charge is 2.35. The molecule has 0 heterocycles. The smallest absolute Gasteiger partial charge is 0.226 e. The van der Waals surface area contributed by atoms with Gasteiger partial charge in [-0.05, 0) is 31.6 Å². The van der Waals surface area contributed by atoms with E-state index in [1.54, 1.807) is 0 Å². The van der Waals surface area contributed by atoms with Gasteiger partial charge >= 0.3 is 0 Å². The Morgan fingerprint density at radius 3 is 2.41 bits per heavy atom. The maximum absolute atomic E-state index is 12.6. The van der Waals surface area contributed by atoms with Crippen LogP contribution in [-0.2, 0) is 4.79 Å².